The molecule has 1 heterocycles. The van der Waals surface area contributed by atoms with Crippen LogP contribution in [0.2, 0.25) is 0 Å². The Bertz CT molecular complexity index is 1240. The molecular weight excluding hydrogens is 397 g/mol. The predicted octanol–water partition coefficient (Wildman–Crippen LogP) is 6.62. The van der Waals surface area contributed by atoms with Gasteiger partial charge in [0.1, 0.15) is 5.75 Å². The van der Waals surface area contributed by atoms with Crippen molar-refractivity contribution in [2.45, 2.75) is 6.18 Å². The molecule has 0 aliphatic heterocycles. The number of non-ortho nitro benzene ring substituents is 1. The van der Waals surface area contributed by atoms with E-state index in [0.29, 0.717) is 16.6 Å². The molecule has 0 bridgehead atoms. The number of nitrogens with zero attached hydrogens (tertiary/aromatic N) is 2. The molecule has 0 spiro atoms. The topological polar surface area (TPSA) is 65.3 Å². The minimum Gasteiger partial charge on any atom is -0.438 e. The maximum Gasteiger partial charge on any atom is 0.416 e. The molecule has 0 atom stereocenters. The minimum atomic E-state index is -4.49. The first-order valence-electron chi connectivity index (χ1n) is 8.81. The van der Waals surface area contributed by atoms with Crippen LogP contribution in [0.4, 0.5) is 18.9 Å². The van der Waals surface area contributed by atoms with Crippen molar-refractivity contribution in [1.29, 1.82) is 0 Å². The van der Waals surface area contributed by atoms with Crippen LogP contribution in [0.25, 0.3) is 22.0 Å². The van der Waals surface area contributed by atoms with Crippen molar-refractivity contribution in [3.05, 3.63) is 94.5 Å². The molecule has 0 N–H and O–H groups in total. The van der Waals surface area contributed by atoms with Gasteiger partial charge in [0.25, 0.3) is 5.69 Å². The SMILES string of the molecule is O=[N+]([O-])c1ccc(Oc2nc3ccccc3cc2-c2cccc(C(F)(F)F)c2)cc1. The summed E-state index contributed by atoms with van der Waals surface area (Å²) in [6, 6.07) is 19.1. The Labute approximate surface area is 168 Å². The van der Waals surface area contributed by atoms with Crippen LogP contribution in [-0.4, -0.2) is 9.91 Å². The van der Waals surface area contributed by atoms with Crippen molar-refractivity contribution in [3.8, 4) is 22.8 Å². The number of nitro groups is 1. The first-order valence-corrected chi connectivity index (χ1v) is 8.81. The fourth-order valence-corrected chi connectivity index (χ4v) is 2.99. The molecule has 30 heavy (non-hydrogen) atoms. The monoisotopic (exact) mass is 410 g/mol. The van der Waals surface area contributed by atoms with Gasteiger partial charge in [-0.25, -0.2) is 4.98 Å². The molecule has 0 saturated heterocycles. The number of hydrogen-bond acceptors (Lipinski definition) is 4. The molecule has 4 rings (SSSR count). The van der Waals surface area contributed by atoms with Crippen molar-refractivity contribution in [2.24, 2.45) is 0 Å². The highest BCUT2D eigenvalue weighted by atomic mass is 19.4. The third-order valence-electron chi connectivity index (χ3n) is 4.45. The quantitative estimate of drug-likeness (QED) is 0.280. The summed E-state index contributed by atoms with van der Waals surface area (Å²) in [6.45, 7) is 0. The average molecular weight is 410 g/mol. The summed E-state index contributed by atoms with van der Waals surface area (Å²) in [5, 5.41) is 11.6. The second-order valence-electron chi connectivity index (χ2n) is 6.47. The summed E-state index contributed by atoms with van der Waals surface area (Å²) >= 11 is 0. The lowest BCUT2D eigenvalue weighted by atomic mass is 10.0. The second kappa shape index (κ2) is 7.47. The normalized spacial score (nSPS) is 11.4. The van der Waals surface area contributed by atoms with E-state index in [-0.39, 0.29) is 17.3 Å². The van der Waals surface area contributed by atoms with Crippen LogP contribution in [0.3, 0.4) is 0 Å². The molecular formula is C22H13F3N2O3. The molecule has 0 radical (unpaired) electrons. The number of hydrogen-bond donors (Lipinski definition) is 0. The molecule has 150 valence electrons. The van der Waals surface area contributed by atoms with E-state index in [4.69, 9.17) is 4.74 Å². The maximum atomic E-state index is 13.2. The largest absolute Gasteiger partial charge is 0.438 e. The fraction of sp³-hybridized carbons (Fsp3) is 0.0455. The smallest absolute Gasteiger partial charge is 0.416 e. The van der Waals surface area contributed by atoms with Gasteiger partial charge in [0, 0.05) is 23.1 Å². The number of aromatic nitrogens is 1. The lowest BCUT2D eigenvalue weighted by Crippen LogP contribution is -2.04. The minimum absolute atomic E-state index is 0.0990. The summed E-state index contributed by atoms with van der Waals surface area (Å²) < 4.78 is 45.4. The third-order valence-corrected chi connectivity index (χ3v) is 4.45. The Hall–Kier alpha value is -3.94. The van der Waals surface area contributed by atoms with Gasteiger partial charge in [-0.3, -0.25) is 10.1 Å². The highest BCUT2D eigenvalue weighted by Gasteiger charge is 2.30. The Morgan fingerprint density at radius 3 is 2.33 bits per heavy atom. The molecule has 8 heteroatoms. The van der Waals surface area contributed by atoms with Crippen LogP contribution in [-0.2, 0) is 6.18 Å². The number of alkyl halides is 3. The van der Waals surface area contributed by atoms with Crippen molar-refractivity contribution in [2.75, 3.05) is 0 Å². The third kappa shape index (κ3) is 3.93. The number of halogens is 3. The number of fused-ring (bicyclic) bond motifs is 1. The van der Waals surface area contributed by atoms with Gasteiger partial charge in [0.15, 0.2) is 0 Å². The fourth-order valence-electron chi connectivity index (χ4n) is 2.99. The molecule has 0 unspecified atom stereocenters. The Kier molecular flexibility index (Phi) is 4.83. The zero-order chi connectivity index (χ0) is 21.3. The van der Waals surface area contributed by atoms with E-state index in [1.807, 2.05) is 0 Å². The van der Waals surface area contributed by atoms with E-state index in [2.05, 4.69) is 4.98 Å². The Balaban J connectivity index is 1.83. The Morgan fingerprint density at radius 2 is 1.63 bits per heavy atom. The number of para-hydroxylation sites is 1. The standard InChI is InChI=1S/C22H13F3N2O3/c23-22(24,25)16-6-3-5-14(12-16)19-13-15-4-1-2-7-20(15)26-21(19)30-18-10-8-17(9-11-18)27(28)29/h1-13H. The molecule has 1 aromatic heterocycles. The van der Waals surface area contributed by atoms with E-state index >= 15 is 0 Å². The molecule has 0 aliphatic rings. The highest BCUT2D eigenvalue weighted by Crippen LogP contribution is 2.37. The van der Waals surface area contributed by atoms with Crippen LogP contribution in [0.1, 0.15) is 5.56 Å². The summed E-state index contributed by atoms with van der Waals surface area (Å²) in [5.41, 5.74) is 0.379. The Morgan fingerprint density at radius 1 is 0.900 bits per heavy atom. The summed E-state index contributed by atoms with van der Waals surface area (Å²) in [6.07, 6.45) is -4.49. The molecule has 3 aromatic carbocycles. The number of rotatable bonds is 4. The predicted molar refractivity (Wildman–Crippen MR) is 105 cm³/mol. The van der Waals surface area contributed by atoms with E-state index in [1.165, 1.54) is 30.3 Å². The second-order valence-corrected chi connectivity index (χ2v) is 6.47. The van der Waals surface area contributed by atoms with Gasteiger partial charge >= 0.3 is 6.18 Å². The number of ether oxygens (including phenoxy) is 1. The van der Waals surface area contributed by atoms with Gasteiger partial charge in [-0.1, -0.05) is 30.3 Å². The van der Waals surface area contributed by atoms with Crippen molar-refractivity contribution >= 4 is 16.6 Å². The van der Waals surface area contributed by atoms with Crippen molar-refractivity contribution in [3.63, 3.8) is 0 Å². The molecule has 0 amide bonds. The zero-order valence-electron chi connectivity index (χ0n) is 15.3. The lowest BCUT2D eigenvalue weighted by Gasteiger charge is -2.14. The van der Waals surface area contributed by atoms with Crippen molar-refractivity contribution < 1.29 is 22.8 Å². The van der Waals surface area contributed by atoms with Crippen LogP contribution in [0.5, 0.6) is 11.6 Å². The van der Waals surface area contributed by atoms with E-state index in [1.54, 1.807) is 36.4 Å². The van der Waals surface area contributed by atoms with Gasteiger partial charge in [-0.05, 0) is 42.0 Å². The van der Waals surface area contributed by atoms with Gasteiger partial charge in [0.05, 0.1) is 16.0 Å². The average Bonchev–Trinajstić information content (AvgIpc) is 2.73. The summed E-state index contributed by atoms with van der Waals surface area (Å²) in [4.78, 5) is 14.8. The highest BCUT2D eigenvalue weighted by molar-refractivity contribution is 5.86. The number of pyridine rings is 1. The van der Waals surface area contributed by atoms with Gasteiger partial charge in [0.2, 0.25) is 5.88 Å². The van der Waals surface area contributed by atoms with E-state index < -0.39 is 16.7 Å². The molecule has 5 nitrogen and oxygen atoms in total. The van der Waals surface area contributed by atoms with Crippen LogP contribution < -0.4 is 4.74 Å². The summed E-state index contributed by atoms with van der Waals surface area (Å²) in [7, 11) is 0. The van der Waals surface area contributed by atoms with E-state index in [9.17, 15) is 23.3 Å². The zero-order valence-corrected chi connectivity index (χ0v) is 15.3. The maximum absolute atomic E-state index is 13.2. The molecule has 0 saturated carbocycles. The molecule has 4 aromatic rings. The van der Waals surface area contributed by atoms with Crippen LogP contribution in [0.15, 0.2) is 78.9 Å². The first-order chi connectivity index (χ1) is 14.3. The molecule has 0 fully saturated rings. The van der Waals surface area contributed by atoms with E-state index in [0.717, 1.165) is 17.5 Å². The van der Waals surface area contributed by atoms with Crippen LogP contribution in [0, 0.1) is 10.1 Å². The molecule has 0 aliphatic carbocycles. The summed E-state index contributed by atoms with van der Waals surface area (Å²) in [5.74, 6) is 0.374. The van der Waals surface area contributed by atoms with Crippen molar-refractivity contribution in [1.82, 2.24) is 4.98 Å². The lowest BCUT2D eigenvalue weighted by molar-refractivity contribution is -0.384. The first kappa shape index (κ1) is 19.4. The van der Waals surface area contributed by atoms with Gasteiger partial charge in [-0.15, -0.1) is 0 Å². The van der Waals surface area contributed by atoms with Gasteiger partial charge < -0.3 is 4.74 Å². The van der Waals surface area contributed by atoms with Crippen LogP contribution >= 0.6 is 0 Å². The number of benzene rings is 3. The van der Waals surface area contributed by atoms with Gasteiger partial charge in [-0.2, -0.15) is 13.2 Å². The number of nitro benzene ring substituents is 1.